The normalized spacial score (nSPS) is 27.2. The van der Waals surface area contributed by atoms with Crippen LogP contribution >= 0.6 is 0 Å². The number of sulfonamides is 1. The smallest absolute Gasteiger partial charge is 0.214 e. The van der Waals surface area contributed by atoms with E-state index in [-0.39, 0.29) is 6.04 Å². The molecule has 2 saturated heterocycles. The molecule has 1 unspecified atom stereocenters. The lowest BCUT2D eigenvalue weighted by atomic mass is 9.89. The van der Waals surface area contributed by atoms with Gasteiger partial charge < -0.3 is 5.32 Å². The van der Waals surface area contributed by atoms with E-state index in [9.17, 15) is 8.42 Å². The largest absolute Gasteiger partial charge is 0.317 e. The lowest BCUT2D eigenvalue weighted by Crippen LogP contribution is -2.44. The standard InChI is InChI=1S/C14H28N2O2S/c1-12(2)7-11-19(17,18)16-10-3-4-14(16)13-5-8-15-9-6-13/h12-15H,3-11H2,1-2H3. The maximum absolute atomic E-state index is 12.5. The van der Waals surface area contributed by atoms with Gasteiger partial charge in [0.05, 0.1) is 5.75 Å². The minimum atomic E-state index is -3.04. The van der Waals surface area contributed by atoms with Crippen molar-refractivity contribution in [3.05, 3.63) is 0 Å². The van der Waals surface area contributed by atoms with Crippen LogP contribution in [0, 0.1) is 11.8 Å². The summed E-state index contributed by atoms with van der Waals surface area (Å²) >= 11 is 0. The highest BCUT2D eigenvalue weighted by Gasteiger charge is 2.38. The molecule has 0 aromatic rings. The molecular formula is C14H28N2O2S. The Labute approximate surface area is 118 Å². The predicted molar refractivity (Wildman–Crippen MR) is 78.6 cm³/mol. The van der Waals surface area contributed by atoms with E-state index >= 15 is 0 Å². The van der Waals surface area contributed by atoms with Crippen LogP contribution in [0.1, 0.15) is 46.0 Å². The van der Waals surface area contributed by atoms with Crippen molar-refractivity contribution >= 4 is 10.0 Å². The molecule has 0 aromatic heterocycles. The fourth-order valence-electron chi connectivity index (χ4n) is 3.31. The molecule has 0 amide bonds. The third-order valence-corrected chi connectivity index (χ3v) is 6.41. The molecule has 2 heterocycles. The van der Waals surface area contributed by atoms with Crippen LogP contribution in [0.3, 0.4) is 0 Å². The first-order chi connectivity index (χ1) is 9.00. The van der Waals surface area contributed by atoms with Gasteiger partial charge in [0.15, 0.2) is 0 Å². The molecule has 0 spiro atoms. The zero-order valence-corrected chi connectivity index (χ0v) is 13.1. The van der Waals surface area contributed by atoms with E-state index < -0.39 is 10.0 Å². The summed E-state index contributed by atoms with van der Waals surface area (Å²) in [4.78, 5) is 0. The van der Waals surface area contributed by atoms with Crippen molar-refractivity contribution in [1.82, 2.24) is 9.62 Å². The molecule has 2 aliphatic heterocycles. The van der Waals surface area contributed by atoms with Crippen molar-refractivity contribution < 1.29 is 8.42 Å². The number of nitrogens with zero attached hydrogens (tertiary/aromatic N) is 1. The third-order valence-electron chi connectivity index (χ3n) is 4.49. The average molecular weight is 288 g/mol. The summed E-state index contributed by atoms with van der Waals surface area (Å²) in [7, 11) is -3.04. The lowest BCUT2D eigenvalue weighted by molar-refractivity contribution is 0.234. The fourth-order valence-corrected chi connectivity index (χ4v) is 5.41. The Bertz CT molecular complexity index is 375. The van der Waals surface area contributed by atoms with Gasteiger partial charge in [0, 0.05) is 12.6 Å². The van der Waals surface area contributed by atoms with Crippen LogP contribution in [0.25, 0.3) is 0 Å². The first kappa shape index (κ1) is 15.3. The van der Waals surface area contributed by atoms with E-state index in [4.69, 9.17) is 0 Å². The van der Waals surface area contributed by atoms with Gasteiger partial charge in [-0.05, 0) is 57.0 Å². The van der Waals surface area contributed by atoms with Crippen LogP contribution in [0.15, 0.2) is 0 Å². The number of hydrogen-bond acceptors (Lipinski definition) is 3. The molecule has 19 heavy (non-hydrogen) atoms. The minimum absolute atomic E-state index is 0.277. The van der Waals surface area contributed by atoms with Gasteiger partial charge in [0.2, 0.25) is 10.0 Å². The van der Waals surface area contributed by atoms with Gasteiger partial charge in [-0.25, -0.2) is 8.42 Å². The van der Waals surface area contributed by atoms with Crippen LogP contribution in [-0.4, -0.2) is 44.2 Å². The zero-order valence-electron chi connectivity index (χ0n) is 12.3. The van der Waals surface area contributed by atoms with Crippen LogP contribution in [0.5, 0.6) is 0 Å². The Hall–Kier alpha value is -0.130. The van der Waals surface area contributed by atoms with Gasteiger partial charge in [-0.3, -0.25) is 0 Å². The monoisotopic (exact) mass is 288 g/mol. The molecule has 5 heteroatoms. The summed E-state index contributed by atoms with van der Waals surface area (Å²) in [5, 5.41) is 3.36. The van der Waals surface area contributed by atoms with E-state index in [0.29, 0.717) is 17.6 Å². The quantitative estimate of drug-likeness (QED) is 0.839. The molecule has 1 N–H and O–H groups in total. The Morgan fingerprint density at radius 1 is 1.21 bits per heavy atom. The second kappa shape index (κ2) is 6.55. The summed E-state index contributed by atoms with van der Waals surface area (Å²) in [6.45, 7) is 7.00. The molecule has 0 aliphatic carbocycles. The maximum atomic E-state index is 12.5. The minimum Gasteiger partial charge on any atom is -0.317 e. The first-order valence-corrected chi connectivity index (χ1v) is 9.32. The van der Waals surface area contributed by atoms with Crippen LogP contribution < -0.4 is 5.32 Å². The van der Waals surface area contributed by atoms with Crippen LogP contribution in [0.2, 0.25) is 0 Å². The molecule has 112 valence electrons. The molecular weight excluding hydrogens is 260 g/mol. The maximum Gasteiger partial charge on any atom is 0.214 e. The Morgan fingerprint density at radius 3 is 2.53 bits per heavy atom. The summed E-state index contributed by atoms with van der Waals surface area (Å²) in [6.07, 6.45) is 5.13. The molecule has 2 aliphatic rings. The van der Waals surface area contributed by atoms with Crippen molar-refractivity contribution in [2.24, 2.45) is 11.8 Å². The molecule has 0 radical (unpaired) electrons. The number of rotatable bonds is 5. The predicted octanol–water partition coefficient (Wildman–Crippen LogP) is 1.83. The average Bonchev–Trinajstić information content (AvgIpc) is 2.87. The Morgan fingerprint density at radius 2 is 1.89 bits per heavy atom. The number of piperidine rings is 1. The summed E-state index contributed by atoms with van der Waals surface area (Å²) < 4.78 is 26.8. The number of nitrogens with one attached hydrogen (secondary N) is 1. The van der Waals surface area contributed by atoms with Crippen molar-refractivity contribution in [3.63, 3.8) is 0 Å². The second-order valence-electron chi connectivity index (χ2n) is 6.41. The van der Waals surface area contributed by atoms with Gasteiger partial charge in [0.25, 0.3) is 0 Å². The van der Waals surface area contributed by atoms with Gasteiger partial charge >= 0.3 is 0 Å². The van der Waals surface area contributed by atoms with Gasteiger partial charge in [0.1, 0.15) is 0 Å². The molecule has 0 bridgehead atoms. The van der Waals surface area contributed by atoms with Crippen molar-refractivity contribution in [2.45, 2.75) is 52.0 Å². The fraction of sp³-hybridized carbons (Fsp3) is 1.00. The van der Waals surface area contributed by atoms with Crippen molar-refractivity contribution in [2.75, 3.05) is 25.4 Å². The topological polar surface area (TPSA) is 49.4 Å². The van der Waals surface area contributed by atoms with Gasteiger partial charge in [-0.15, -0.1) is 0 Å². The molecule has 0 saturated carbocycles. The molecule has 2 fully saturated rings. The Balaban J connectivity index is 2.00. The lowest BCUT2D eigenvalue weighted by Gasteiger charge is -2.33. The van der Waals surface area contributed by atoms with Crippen molar-refractivity contribution in [3.8, 4) is 0 Å². The van der Waals surface area contributed by atoms with Crippen molar-refractivity contribution in [1.29, 1.82) is 0 Å². The van der Waals surface area contributed by atoms with E-state index in [1.807, 2.05) is 4.31 Å². The van der Waals surface area contributed by atoms with E-state index in [2.05, 4.69) is 19.2 Å². The highest BCUT2D eigenvalue weighted by atomic mass is 32.2. The Kier molecular flexibility index (Phi) is 5.26. The summed E-state index contributed by atoms with van der Waals surface area (Å²) in [5.74, 6) is 1.35. The third kappa shape index (κ3) is 3.92. The highest BCUT2D eigenvalue weighted by molar-refractivity contribution is 7.89. The molecule has 4 nitrogen and oxygen atoms in total. The molecule has 1 atom stereocenters. The van der Waals surface area contributed by atoms with E-state index in [0.717, 1.165) is 51.7 Å². The SMILES string of the molecule is CC(C)CCS(=O)(=O)N1CCCC1C1CCNCC1. The van der Waals surface area contributed by atoms with E-state index in [1.54, 1.807) is 0 Å². The summed E-state index contributed by atoms with van der Waals surface area (Å²) in [6, 6.07) is 0.277. The molecule has 2 rings (SSSR count). The van der Waals surface area contributed by atoms with Crippen LogP contribution in [0.4, 0.5) is 0 Å². The van der Waals surface area contributed by atoms with E-state index in [1.165, 1.54) is 0 Å². The first-order valence-electron chi connectivity index (χ1n) is 7.71. The van der Waals surface area contributed by atoms with Crippen LogP contribution in [-0.2, 0) is 10.0 Å². The van der Waals surface area contributed by atoms with Gasteiger partial charge in [-0.2, -0.15) is 4.31 Å². The highest BCUT2D eigenvalue weighted by Crippen LogP contribution is 2.32. The summed E-state index contributed by atoms with van der Waals surface area (Å²) in [5.41, 5.74) is 0. The number of hydrogen-bond donors (Lipinski definition) is 1. The zero-order chi connectivity index (χ0) is 13.9. The molecule has 0 aromatic carbocycles. The van der Waals surface area contributed by atoms with Gasteiger partial charge in [-0.1, -0.05) is 13.8 Å². The second-order valence-corrected chi connectivity index (χ2v) is 8.45.